The molecule has 1 aliphatic carbocycles. The summed E-state index contributed by atoms with van der Waals surface area (Å²) in [6, 6.07) is 9.98. The summed E-state index contributed by atoms with van der Waals surface area (Å²) in [6.45, 7) is 3.72. The van der Waals surface area contributed by atoms with Crippen LogP contribution in [0, 0.1) is 0 Å². The Labute approximate surface area is 160 Å². The number of hydrogen-bond acceptors (Lipinski definition) is 4. The number of hydrogen-bond donors (Lipinski definition) is 1. The van der Waals surface area contributed by atoms with Crippen LogP contribution in [0.25, 0.3) is 0 Å². The molecule has 0 atom stereocenters. The molecule has 27 heavy (non-hydrogen) atoms. The molecular weight excluding hydrogens is 340 g/mol. The van der Waals surface area contributed by atoms with Crippen LogP contribution in [-0.2, 0) is 13.1 Å². The van der Waals surface area contributed by atoms with E-state index in [4.69, 9.17) is 4.52 Å². The van der Waals surface area contributed by atoms with Gasteiger partial charge in [0, 0.05) is 31.3 Å². The maximum atomic E-state index is 12.5. The van der Waals surface area contributed by atoms with Gasteiger partial charge >= 0.3 is 6.03 Å². The molecule has 1 N–H and O–H groups in total. The average Bonchev–Trinajstić information content (AvgIpc) is 3.42. The second-order valence-electron chi connectivity index (χ2n) is 7.82. The summed E-state index contributed by atoms with van der Waals surface area (Å²) in [5, 5.41) is 7.08. The van der Waals surface area contributed by atoms with Gasteiger partial charge in [0.15, 0.2) is 0 Å². The van der Waals surface area contributed by atoms with Gasteiger partial charge in [-0.05, 0) is 56.5 Å². The molecule has 4 rings (SSSR count). The van der Waals surface area contributed by atoms with Crippen molar-refractivity contribution in [1.82, 2.24) is 15.0 Å². The van der Waals surface area contributed by atoms with Crippen molar-refractivity contribution < 1.29 is 9.32 Å². The first kappa shape index (κ1) is 18.0. The summed E-state index contributed by atoms with van der Waals surface area (Å²) in [5.41, 5.74) is 2.87. The number of likely N-dealkylation sites (tertiary alicyclic amines) is 1. The molecule has 1 aliphatic heterocycles. The Morgan fingerprint density at radius 1 is 1.26 bits per heavy atom. The predicted octanol–water partition coefficient (Wildman–Crippen LogP) is 4.20. The molecule has 1 saturated heterocycles. The summed E-state index contributed by atoms with van der Waals surface area (Å²) in [6.07, 6.45) is 6.27. The van der Waals surface area contributed by atoms with Crippen LogP contribution in [0.4, 0.5) is 10.5 Å². The molecule has 0 bridgehead atoms. The normalized spacial score (nSPS) is 17.7. The molecule has 0 radical (unpaired) electrons. The predicted molar refractivity (Wildman–Crippen MR) is 105 cm³/mol. The number of nitrogens with one attached hydrogen (secondary N) is 1. The van der Waals surface area contributed by atoms with E-state index in [0.29, 0.717) is 12.5 Å². The lowest BCUT2D eigenvalue weighted by Gasteiger charge is -2.26. The Morgan fingerprint density at radius 2 is 2.07 bits per heavy atom. The van der Waals surface area contributed by atoms with Crippen molar-refractivity contribution in [2.24, 2.45) is 0 Å². The van der Waals surface area contributed by atoms with Gasteiger partial charge in [-0.3, -0.25) is 4.90 Å². The number of rotatable bonds is 6. The average molecular weight is 368 g/mol. The number of anilines is 1. The van der Waals surface area contributed by atoms with Gasteiger partial charge in [-0.2, -0.15) is 0 Å². The van der Waals surface area contributed by atoms with E-state index in [1.54, 1.807) is 11.9 Å². The van der Waals surface area contributed by atoms with E-state index in [0.717, 1.165) is 23.7 Å². The minimum absolute atomic E-state index is 0.138. The van der Waals surface area contributed by atoms with E-state index in [-0.39, 0.29) is 6.03 Å². The smallest absolute Gasteiger partial charge is 0.321 e. The van der Waals surface area contributed by atoms with Crippen molar-refractivity contribution in [1.29, 1.82) is 0 Å². The highest BCUT2D eigenvalue weighted by Crippen LogP contribution is 2.40. The fraction of sp³-hybridized carbons (Fsp3) is 0.524. The van der Waals surface area contributed by atoms with Crippen molar-refractivity contribution in [2.75, 3.05) is 25.5 Å². The van der Waals surface area contributed by atoms with Gasteiger partial charge in [-0.25, -0.2) is 4.79 Å². The zero-order valence-electron chi connectivity index (χ0n) is 16.0. The summed E-state index contributed by atoms with van der Waals surface area (Å²) < 4.78 is 5.36. The van der Waals surface area contributed by atoms with Gasteiger partial charge in [-0.1, -0.05) is 23.7 Å². The number of aromatic nitrogens is 1. The van der Waals surface area contributed by atoms with Crippen LogP contribution in [0.3, 0.4) is 0 Å². The van der Waals surface area contributed by atoms with Crippen LogP contribution >= 0.6 is 0 Å². The number of piperidine rings is 1. The monoisotopic (exact) mass is 368 g/mol. The fourth-order valence-corrected chi connectivity index (χ4v) is 3.62. The van der Waals surface area contributed by atoms with Crippen LogP contribution in [0.15, 0.2) is 34.9 Å². The van der Waals surface area contributed by atoms with Crippen LogP contribution in [0.1, 0.15) is 55.0 Å². The molecule has 6 nitrogen and oxygen atoms in total. The molecule has 2 aliphatic rings. The summed E-state index contributed by atoms with van der Waals surface area (Å²) in [5.74, 6) is 1.48. The van der Waals surface area contributed by atoms with Gasteiger partial charge in [0.05, 0.1) is 6.54 Å². The van der Waals surface area contributed by atoms with E-state index < -0.39 is 0 Å². The first-order valence-electron chi connectivity index (χ1n) is 9.96. The third-order valence-electron chi connectivity index (χ3n) is 5.34. The van der Waals surface area contributed by atoms with E-state index >= 15 is 0 Å². The number of benzene rings is 1. The number of amides is 2. The number of carbonyl (C=O) groups excluding carboxylic acids is 1. The van der Waals surface area contributed by atoms with Crippen molar-refractivity contribution in [3.05, 3.63) is 47.3 Å². The van der Waals surface area contributed by atoms with Crippen LogP contribution in [0.5, 0.6) is 0 Å². The minimum atomic E-state index is -0.138. The molecule has 6 heteroatoms. The second kappa shape index (κ2) is 8.13. The zero-order valence-corrected chi connectivity index (χ0v) is 16.0. The van der Waals surface area contributed by atoms with E-state index in [1.165, 1.54) is 50.8 Å². The first-order valence-corrected chi connectivity index (χ1v) is 9.96. The molecule has 0 spiro atoms. The van der Waals surface area contributed by atoms with Crippen LogP contribution in [0.2, 0.25) is 0 Å². The van der Waals surface area contributed by atoms with Crippen LogP contribution in [-0.4, -0.2) is 41.1 Å². The van der Waals surface area contributed by atoms with Gasteiger partial charge in [0.2, 0.25) is 0 Å². The highest BCUT2D eigenvalue weighted by atomic mass is 16.5. The Kier molecular flexibility index (Phi) is 5.43. The van der Waals surface area contributed by atoms with Crippen molar-refractivity contribution in [3.8, 4) is 0 Å². The lowest BCUT2D eigenvalue weighted by molar-refractivity contribution is 0.219. The van der Waals surface area contributed by atoms with Crippen molar-refractivity contribution >= 4 is 11.7 Å². The van der Waals surface area contributed by atoms with Gasteiger partial charge in [-0.15, -0.1) is 0 Å². The van der Waals surface area contributed by atoms with Crippen molar-refractivity contribution in [2.45, 2.75) is 51.1 Å². The maximum absolute atomic E-state index is 12.5. The van der Waals surface area contributed by atoms with E-state index in [1.807, 2.05) is 18.2 Å². The molecule has 2 amide bonds. The summed E-state index contributed by atoms with van der Waals surface area (Å²) in [4.78, 5) is 16.6. The van der Waals surface area contributed by atoms with Gasteiger partial charge in [0.1, 0.15) is 11.5 Å². The maximum Gasteiger partial charge on any atom is 0.321 e. The molecule has 1 aromatic heterocycles. The summed E-state index contributed by atoms with van der Waals surface area (Å²) in [7, 11) is 1.78. The minimum Gasteiger partial charge on any atom is -0.361 e. The first-order chi connectivity index (χ1) is 13.2. The van der Waals surface area contributed by atoms with Gasteiger partial charge < -0.3 is 14.7 Å². The highest BCUT2D eigenvalue weighted by Gasteiger charge is 2.28. The van der Waals surface area contributed by atoms with Crippen LogP contribution < -0.4 is 5.32 Å². The molecule has 1 aromatic carbocycles. The topological polar surface area (TPSA) is 61.6 Å². The molecule has 2 aromatic rings. The van der Waals surface area contributed by atoms with E-state index in [9.17, 15) is 4.79 Å². The molecule has 2 heterocycles. The Balaban J connectivity index is 1.31. The quantitative estimate of drug-likeness (QED) is 0.830. The Hall–Kier alpha value is -2.34. The molecular formula is C21H28N4O2. The molecule has 0 unspecified atom stereocenters. The highest BCUT2D eigenvalue weighted by molar-refractivity contribution is 5.89. The number of carbonyl (C=O) groups is 1. The Morgan fingerprint density at radius 3 is 2.85 bits per heavy atom. The second-order valence-corrected chi connectivity index (χ2v) is 7.82. The third kappa shape index (κ3) is 4.89. The zero-order chi connectivity index (χ0) is 18.6. The van der Waals surface area contributed by atoms with Gasteiger partial charge in [0.25, 0.3) is 0 Å². The lowest BCUT2D eigenvalue weighted by atomic mass is 10.1. The fourth-order valence-electron chi connectivity index (χ4n) is 3.62. The van der Waals surface area contributed by atoms with Crippen molar-refractivity contribution in [3.63, 3.8) is 0 Å². The largest absolute Gasteiger partial charge is 0.361 e. The number of nitrogens with zero attached hydrogens (tertiary/aromatic N) is 3. The molecule has 2 fully saturated rings. The molecule has 144 valence electrons. The third-order valence-corrected chi connectivity index (χ3v) is 5.34. The standard InChI is InChI=1S/C21H28N4O2/c1-24(15-19-13-20(27-23-19)17-8-9-17)21(26)22-18-7-5-6-16(12-18)14-25-10-3-2-4-11-25/h5-7,12-13,17H,2-4,8-11,14-15H2,1H3,(H,22,26). The SMILES string of the molecule is CN(Cc1cc(C2CC2)on1)C(=O)Nc1cccc(CN2CCCCC2)c1. The van der Waals surface area contributed by atoms with E-state index in [2.05, 4.69) is 27.5 Å². The summed E-state index contributed by atoms with van der Waals surface area (Å²) >= 11 is 0. The number of urea groups is 1. The Bertz CT molecular complexity index is 778. The lowest BCUT2D eigenvalue weighted by Crippen LogP contribution is -2.31. The molecule has 1 saturated carbocycles.